The van der Waals surface area contributed by atoms with Crippen LogP contribution in [0.4, 0.5) is 0 Å². The van der Waals surface area contributed by atoms with Gasteiger partial charge in [-0.3, -0.25) is 5.32 Å². The second kappa shape index (κ2) is 7.56. The molecular formula is C6H14N2O. The van der Waals surface area contributed by atoms with Crippen molar-refractivity contribution >= 4 is 0 Å². The molecule has 0 spiro atoms. The van der Waals surface area contributed by atoms with Crippen molar-refractivity contribution in [1.82, 2.24) is 5.32 Å². The van der Waals surface area contributed by atoms with Crippen LogP contribution in [0.25, 0.3) is 0 Å². The molecule has 0 aromatic rings. The Bertz CT molecular complexity index is 66.1. The second-order valence-electron chi connectivity index (χ2n) is 1.99. The third-order valence-electron chi connectivity index (χ3n) is 1.13. The highest BCUT2D eigenvalue weighted by atomic mass is 16.3. The minimum atomic E-state index is 0.254. The summed E-state index contributed by atoms with van der Waals surface area (Å²) >= 11 is 0. The minimum absolute atomic E-state index is 0.254. The molecule has 3 heteroatoms. The van der Waals surface area contributed by atoms with E-state index in [1.165, 1.54) is 12.8 Å². The Morgan fingerprint density at radius 3 is 2.78 bits per heavy atom. The highest BCUT2D eigenvalue weighted by Crippen LogP contribution is 1.90. The average molecular weight is 130 g/mol. The van der Waals surface area contributed by atoms with Gasteiger partial charge in [0.15, 0.2) is 0 Å². The average Bonchev–Trinajstić information content (AvgIpc) is 1.89. The molecule has 0 heterocycles. The van der Waals surface area contributed by atoms with E-state index >= 15 is 0 Å². The summed E-state index contributed by atoms with van der Waals surface area (Å²) in [6, 6.07) is 0. The van der Waals surface area contributed by atoms with Crippen LogP contribution in [0.1, 0.15) is 26.2 Å². The zero-order valence-electron chi connectivity index (χ0n) is 5.89. The van der Waals surface area contributed by atoms with E-state index in [-0.39, 0.29) is 6.67 Å². The zero-order chi connectivity index (χ0) is 6.95. The van der Waals surface area contributed by atoms with E-state index in [4.69, 9.17) is 0 Å². The standard InChI is InChI=1S/C6H14N2O/c1-2-3-4-5-7-6-8-9/h7H,2-6H2,1H3. The topological polar surface area (TPSA) is 41.5 Å². The van der Waals surface area contributed by atoms with Crippen LogP contribution in [0.3, 0.4) is 0 Å². The van der Waals surface area contributed by atoms with Crippen LogP contribution in [-0.4, -0.2) is 13.2 Å². The minimum Gasteiger partial charge on any atom is -0.295 e. The first kappa shape index (κ1) is 8.56. The normalized spacial score (nSPS) is 9.44. The van der Waals surface area contributed by atoms with Crippen LogP contribution in [-0.2, 0) is 0 Å². The van der Waals surface area contributed by atoms with Crippen molar-refractivity contribution in [1.29, 1.82) is 0 Å². The fraction of sp³-hybridized carbons (Fsp3) is 1.00. The third-order valence-corrected chi connectivity index (χ3v) is 1.13. The van der Waals surface area contributed by atoms with Crippen molar-refractivity contribution in [3.8, 4) is 0 Å². The van der Waals surface area contributed by atoms with Gasteiger partial charge in [-0.2, -0.15) is 0 Å². The largest absolute Gasteiger partial charge is 0.295 e. The van der Waals surface area contributed by atoms with Crippen LogP contribution in [0.2, 0.25) is 0 Å². The molecule has 0 atom stereocenters. The Hall–Kier alpha value is -0.440. The summed E-state index contributed by atoms with van der Waals surface area (Å²) in [6.07, 6.45) is 3.59. The van der Waals surface area contributed by atoms with Gasteiger partial charge in [0.25, 0.3) is 0 Å². The van der Waals surface area contributed by atoms with Crippen LogP contribution in [0, 0.1) is 4.91 Å². The molecule has 0 rings (SSSR count). The summed E-state index contributed by atoms with van der Waals surface area (Å²) in [4.78, 5) is 9.53. The van der Waals surface area contributed by atoms with Crippen molar-refractivity contribution in [2.75, 3.05) is 13.2 Å². The van der Waals surface area contributed by atoms with Gasteiger partial charge in [-0.05, 0) is 13.0 Å². The predicted molar refractivity (Wildman–Crippen MR) is 38.2 cm³/mol. The van der Waals surface area contributed by atoms with Gasteiger partial charge in [-0.1, -0.05) is 24.9 Å². The molecule has 0 aromatic heterocycles. The lowest BCUT2D eigenvalue weighted by atomic mass is 10.2. The lowest BCUT2D eigenvalue weighted by molar-refractivity contribution is 0.625. The summed E-state index contributed by atoms with van der Waals surface area (Å²) in [7, 11) is 0. The highest BCUT2D eigenvalue weighted by molar-refractivity contribution is 4.44. The van der Waals surface area contributed by atoms with Crippen LogP contribution >= 0.6 is 0 Å². The van der Waals surface area contributed by atoms with Crippen LogP contribution in [0.5, 0.6) is 0 Å². The summed E-state index contributed by atoms with van der Waals surface area (Å²) < 4.78 is 0. The molecule has 0 aliphatic rings. The maximum absolute atomic E-state index is 9.53. The van der Waals surface area contributed by atoms with E-state index < -0.39 is 0 Å². The summed E-state index contributed by atoms with van der Waals surface area (Å²) in [5.41, 5.74) is 0. The van der Waals surface area contributed by atoms with E-state index in [0.29, 0.717) is 0 Å². The molecule has 0 saturated heterocycles. The lowest BCUT2D eigenvalue weighted by Gasteiger charge is -1.96. The molecule has 9 heavy (non-hydrogen) atoms. The van der Waals surface area contributed by atoms with E-state index in [2.05, 4.69) is 17.4 Å². The molecule has 1 N–H and O–H groups in total. The first-order chi connectivity index (χ1) is 4.41. The number of nitrogens with one attached hydrogen (secondary N) is 1. The second-order valence-corrected chi connectivity index (χ2v) is 1.99. The van der Waals surface area contributed by atoms with Gasteiger partial charge in [-0.15, -0.1) is 4.91 Å². The number of hydrogen-bond donors (Lipinski definition) is 1. The van der Waals surface area contributed by atoms with E-state index in [1.54, 1.807) is 0 Å². The summed E-state index contributed by atoms with van der Waals surface area (Å²) in [5.74, 6) is 0. The monoisotopic (exact) mass is 130 g/mol. The van der Waals surface area contributed by atoms with Gasteiger partial charge >= 0.3 is 0 Å². The SMILES string of the molecule is CCCCCNCN=O. The van der Waals surface area contributed by atoms with Gasteiger partial charge in [-0.25, -0.2) is 0 Å². The Labute approximate surface area is 55.8 Å². The van der Waals surface area contributed by atoms with E-state index in [1.807, 2.05) is 0 Å². The van der Waals surface area contributed by atoms with Gasteiger partial charge in [0.1, 0.15) is 6.67 Å². The highest BCUT2D eigenvalue weighted by Gasteiger charge is 1.83. The molecule has 0 amide bonds. The van der Waals surface area contributed by atoms with Gasteiger partial charge in [0.2, 0.25) is 0 Å². The van der Waals surface area contributed by atoms with Gasteiger partial charge in [0, 0.05) is 0 Å². The van der Waals surface area contributed by atoms with Crippen molar-refractivity contribution in [2.45, 2.75) is 26.2 Å². The molecule has 0 radical (unpaired) electrons. The lowest BCUT2D eigenvalue weighted by Crippen LogP contribution is -2.14. The van der Waals surface area contributed by atoms with Crippen molar-refractivity contribution < 1.29 is 0 Å². The molecule has 0 aliphatic heterocycles. The molecule has 0 unspecified atom stereocenters. The maximum Gasteiger partial charge on any atom is 0.131 e. The van der Waals surface area contributed by atoms with Crippen LogP contribution < -0.4 is 5.32 Å². The quantitative estimate of drug-likeness (QED) is 0.437. The predicted octanol–water partition coefficient (Wildman–Crippen LogP) is 1.49. The number of hydrogen-bond acceptors (Lipinski definition) is 3. The fourth-order valence-corrected chi connectivity index (χ4v) is 0.625. The number of unbranched alkanes of at least 4 members (excludes halogenated alkanes) is 2. The van der Waals surface area contributed by atoms with E-state index in [9.17, 15) is 4.91 Å². The molecule has 3 nitrogen and oxygen atoms in total. The van der Waals surface area contributed by atoms with Crippen molar-refractivity contribution in [3.05, 3.63) is 4.91 Å². The third kappa shape index (κ3) is 7.56. The summed E-state index contributed by atoms with van der Waals surface area (Å²) in [5, 5.41) is 5.56. The maximum atomic E-state index is 9.53. The number of nitroso groups, excluding NO2 is 1. The fourth-order valence-electron chi connectivity index (χ4n) is 0.625. The molecule has 0 aromatic carbocycles. The Morgan fingerprint density at radius 2 is 2.22 bits per heavy atom. The Kier molecular flexibility index (Phi) is 7.19. The number of nitrogens with zero attached hydrogens (tertiary/aromatic N) is 1. The Morgan fingerprint density at radius 1 is 1.44 bits per heavy atom. The van der Waals surface area contributed by atoms with Crippen molar-refractivity contribution in [2.24, 2.45) is 5.18 Å². The first-order valence-electron chi connectivity index (χ1n) is 3.41. The zero-order valence-corrected chi connectivity index (χ0v) is 5.89. The van der Waals surface area contributed by atoms with E-state index in [0.717, 1.165) is 13.0 Å². The number of rotatable bonds is 6. The molecule has 0 bridgehead atoms. The molecule has 54 valence electrons. The molecule has 0 fully saturated rings. The van der Waals surface area contributed by atoms with Gasteiger partial charge in [0.05, 0.1) is 0 Å². The van der Waals surface area contributed by atoms with Gasteiger partial charge < -0.3 is 0 Å². The molecule has 0 aliphatic carbocycles. The van der Waals surface area contributed by atoms with Crippen molar-refractivity contribution in [3.63, 3.8) is 0 Å². The Balaban J connectivity index is 2.66. The molecule has 0 saturated carbocycles. The summed E-state index contributed by atoms with van der Waals surface area (Å²) in [6.45, 7) is 3.32. The first-order valence-corrected chi connectivity index (χ1v) is 3.41. The molecular weight excluding hydrogens is 116 g/mol. The smallest absolute Gasteiger partial charge is 0.131 e. The van der Waals surface area contributed by atoms with Crippen LogP contribution in [0.15, 0.2) is 5.18 Å².